The fraction of sp³-hybridized carbons (Fsp3) is 0.333. The van der Waals surface area contributed by atoms with E-state index in [0.717, 1.165) is 0 Å². The Morgan fingerprint density at radius 1 is 0.613 bits per heavy atom. The van der Waals surface area contributed by atoms with Crippen LogP contribution in [0.1, 0.15) is 52.8 Å². The Kier molecular flexibility index (Phi) is 14.9. The lowest BCUT2D eigenvalue weighted by Gasteiger charge is -1.97. The van der Waals surface area contributed by atoms with Gasteiger partial charge in [-0.15, -0.1) is 0 Å². The van der Waals surface area contributed by atoms with Crippen LogP contribution in [-0.4, -0.2) is 77.7 Å². The molecular weight excluding hydrogens is 424 g/mol. The number of hydrogen-bond acceptors (Lipinski definition) is 7. The van der Waals surface area contributed by atoms with E-state index in [9.17, 15) is 28.8 Å². The van der Waals surface area contributed by atoms with Crippen LogP contribution in [0.3, 0.4) is 0 Å². The van der Waals surface area contributed by atoms with Gasteiger partial charge in [0.1, 0.15) is 0 Å². The van der Waals surface area contributed by atoms with Crippen LogP contribution in [0, 0.1) is 0 Å². The van der Waals surface area contributed by atoms with Gasteiger partial charge in [0.2, 0.25) is 0 Å². The predicted octanol–water partition coefficient (Wildman–Crippen LogP) is 0.706. The van der Waals surface area contributed by atoms with Gasteiger partial charge >= 0.3 is 35.8 Å². The Morgan fingerprint density at radius 2 is 0.935 bits per heavy atom. The third-order valence-electron chi connectivity index (χ3n) is 3.06. The van der Waals surface area contributed by atoms with Gasteiger partial charge < -0.3 is 35.7 Å². The number of carboxylic acid groups (broad SMARTS) is 6. The van der Waals surface area contributed by atoms with Gasteiger partial charge in [-0.3, -0.25) is 14.4 Å². The number of aliphatic hydroxyl groups excluding tert-OH is 1. The number of rotatable bonds is 10. The lowest BCUT2D eigenvalue weighted by molar-refractivity contribution is -0.152. The number of unbranched alkanes of at least 4 members (excludes halogenated alkanes) is 1. The Labute approximate surface area is 174 Å². The number of benzene rings is 1. The number of carboxylic acids is 6. The molecule has 0 aromatic heterocycles. The fourth-order valence-electron chi connectivity index (χ4n) is 1.56. The average Bonchev–Trinajstić information content (AvgIpc) is 2.65. The van der Waals surface area contributed by atoms with E-state index in [0.29, 0.717) is 12.8 Å². The summed E-state index contributed by atoms with van der Waals surface area (Å²) in [7, 11) is 0. The number of aliphatic carboxylic acids is 4. The molecule has 1 aromatic carbocycles. The molecule has 0 bridgehead atoms. The first-order valence-electron chi connectivity index (χ1n) is 8.40. The number of carbonyl (C=O) groups is 6. The molecule has 0 amide bonds. The summed E-state index contributed by atoms with van der Waals surface area (Å²) in [6, 6.07) is 5.02. The third kappa shape index (κ3) is 17.8. The lowest BCUT2D eigenvalue weighted by Crippen LogP contribution is -2.22. The molecule has 0 spiro atoms. The van der Waals surface area contributed by atoms with Gasteiger partial charge in [0, 0.05) is 12.8 Å². The van der Waals surface area contributed by atoms with Crippen molar-refractivity contribution < 1.29 is 64.5 Å². The minimum Gasteiger partial charge on any atom is -0.481 e. The highest BCUT2D eigenvalue weighted by Gasteiger charge is 2.16. The molecule has 1 aromatic rings. The van der Waals surface area contributed by atoms with Gasteiger partial charge in [-0.05, 0) is 37.1 Å². The minimum atomic E-state index is -1.79. The summed E-state index contributed by atoms with van der Waals surface area (Å²) in [5, 5.41) is 57.3. The lowest BCUT2D eigenvalue weighted by atomic mass is 10.1. The van der Waals surface area contributed by atoms with Crippen molar-refractivity contribution in [3.8, 4) is 0 Å². The van der Waals surface area contributed by atoms with Crippen molar-refractivity contribution in [2.24, 2.45) is 0 Å². The molecule has 0 aliphatic carbocycles. The zero-order chi connectivity index (χ0) is 24.6. The van der Waals surface area contributed by atoms with Crippen LogP contribution in [0.2, 0.25) is 0 Å². The van der Waals surface area contributed by atoms with E-state index >= 15 is 0 Å². The Morgan fingerprint density at radius 3 is 1.10 bits per heavy atom. The van der Waals surface area contributed by atoms with Gasteiger partial charge in [0.25, 0.3) is 0 Å². The number of aromatic carboxylic acids is 2. The Hall–Kier alpha value is -4.00. The van der Waals surface area contributed by atoms with Gasteiger partial charge in [-0.25, -0.2) is 14.4 Å². The van der Waals surface area contributed by atoms with E-state index in [4.69, 9.17) is 35.7 Å². The highest BCUT2D eigenvalue weighted by Crippen LogP contribution is 2.03. The van der Waals surface area contributed by atoms with Gasteiger partial charge in [-0.2, -0.15) is 0 Å². The van der Waals surface area contributed by atoms with Crippen molar-refractivity contribution >= 4 is 35.8 Å². The van der Waals surface area contributed by atoms with E-state index in [1.807, 2.05) is 0 Å². The largest absolute Gasteiger partial charge is 0.481 e. The van der Waals surface area contributed by atoms with Crippen LogP contribution < -0.4 is 0 Å². The van der Waals surface area contributed by atoms with Gasteiger partial charge in [0.05, 0.1) is 17.5 Å². The molecule has 1 atom stereocenters. The molecular formula is C18H22O13. The average molecular weight is 446 g/mol. The SMILES string of the molecule is O=C(O)CC(O)C(=O)O.O=C(O)CCCCC(=O)O.O=C(O)c1ccc(C(=O)O)cc1. The van der Waals surface area contributed by atoms with Crippen LogP contribution in [0.25, 0.3) is 0 Å². The smallest absolute Gasteiger partial charge is 0.335 e. The normalized spacial score (nSPS) is 10.2. The quantitative estimate of drug-likeness (QED) is 0.245. The fourth-order valence-corrected chi connectivity index (χ4v) is 1.56. The van der Waals surface area contributed by atoms with Gasteiger partial charge in [-0.1, -0.05) is 0 Å². The molecule has 13 nitrogen and oxygen atoms in total. The highest BCUT2D eigenvalue weighted by atomic mass is 16.4. The van der Waals surface area contributed by atoms with Crippen molar-refractivity contribution in [1.29, 1.82) is 0 Å². The Bertz CT molecular complexity index is 718. The van der Waals surface area contributed by atoms with Crippen molar-refractivity contribution in [2.75, 3.05) is 0 Å². The molecule has 1 rings (SSSR count). The van der Waals surface area contributed by atoms with E-state index in [1.54, 1.807) is 0 Å². The van der Waals surface area contributed by atoms with E-state index < -0.39 is 48.3 Å². The number of hydrogen-bond donors (Lipinski definition) is 7. The molecule has 0 saturated carbocycles. The second kappa shape index (κ2) is 15.9. The molecule has 13 heteroatoms. The van der Waals surface area contributed by atoms with Crippen LogP contribution in [0.4, 0.5) is 0 Å². The maximum Gasteiger partial charge on any atom is 0.335 e. The monoisotopic (exact) mass is 446 g/mol. The molecule has 0 fully saturated rings. The summed E-state index contributed by atoms with van der Waals surface area (Å²) in [5.74, 6) is -6.71. The van der Waals surface area contributed by atoms with Crippen molar-refractivity contribution in [3.63, 3.8) is 0 Å². The first kappa shape index (κ1) is 29.2. The van der Waals surface area contributed by atoms with Gasteiger partial charge in [0.15, 0.2) is 6.10 Å². The topological polar surface area (TPSA) is 244 Å². The van der Waals surface area contributed by atoms with Crippen LogP contribution >= 0.6 is 0 Å². The summed E-state index contributed by atoms with van der Waals surface area (Å²) >= 11 is 0. The molecule has 0 aliphatic rings. The summed E-state index contributed by atoms with van der Waals surface area (Å²) < 4.78 is 0. The second-order valence-electron chi connectivity index (χ2n) is 5.63. The summed E-state index contributed by atoms with van der Waals surface area (Å²) in [6.07, 6.45) is -1.53. The summed E-state index contributed by atoms with van der Waals surface area (Å²) in [6.45, 7) is 0. The van der Waals surface area contributed by atoms with E-state index in [-0.39, 0.29) is 24.0 Å². The maximum atomic E-state index is 10.3. The zero-order valence-electron chi connectivity index (χ0n) is 16.0. The van der Waals surface area contributed by atoms with Crippen LogP contribution in [0.5, 0.6) is 0 Å². The molecule has 7 N–H and O–H groups in total. The molecule has 172 valence electrons. The minimum absolute atomic E-state index is 0.0628. The van der Waals surface area contributed by atoms with Crippen molar-refractivity contribution in [1.82, 2.24) is 0 Å². The highest BCUT2D eigenvalue weighted by molar-refractivity contribution is 5.91. The first-order valence-corrected chi connectivity index (χ1v) is 8.40. The molecule has 31 heavy (non-hydrogen) atoms. The zero-order valence-corrected chi connectivity index (χ0v) is 16.0. The first-order chi connectivity index (χ1) is 14.3. The maximum absolute atomic E-state index is 10.3. The molecule has 1 unspecified atom stereocenters. The number of aliphatic hydroxyl groups is 1. The molecule has 0 saturated heterocycles. The van der Waals surface area contributed by atoms with Crippen LogP contribution in [-0.2, 0) is 19.2 Å². The van der Waals surface area contributed by atoms with E-state index in [2.05, 4.69) is 0 Å². The third-order valence-corrected chi connectivity index (χ3v) is 3.06. The summed E-state index contributed by atoms with van der Waals surface area (Å²) in [4.78, 5) is 59.9. The summed E-state index contributed by atoms with van der Waals surface area (Å²) in [5.41, 5.74) is 0.167. The predicted molar refractivity (Wildman–Crippen MR) is 100.0 cm³/mol. The molecule has 0 aliphatic heterocycles. The second-order valence-corrected chi connectivity index (χ2v) is 5.63. The molecule has 0 heterocycles. The van der Waals surface area contributed by atoms with Crippen molar-refractivity contribution in [2.45, 2.75) is 38.2 Å². The Balaban J connectivity index is 0. The van der Waals surface area contributed by atoms with Crippen LogP contribution in [0.15, 0.2) is 24.3 Å². The standard InChI is InChI=1S/C8H6O4.C6H10O4.C4H6O5/c9-7(10)5-1-2-6(4-3-5)8(11)12;7-5(8)3-1-2-4-6(9)10;5-2(4(8)9)1-3(6)7/h1-4H,(H,9,10)(H,11,12);1-4H2,(H,7,8)(H,9,10);2,5H,1H2,(H,6,7)(H,8,9). The van der Waals surface area contributed by atoms with Crippen molar-refractivity contribution in [3.05, 3.63) is 35.4 Å². The van der Waals surface area contributed by atoms with E-state index in [1.165, 1.54) is 24.3 Å². The molecule has 0 radical (unpaired) electrons.